The molecule has 4 rings (SSSR count). The predicted molar refractivity (Wildman–Crippen MR) is 116 cm³/mol. The van der Waals surface area contributed by atoms with Crippen LogP contribution in [0.15, 0.2) is 59.2 Å². The second kappa shape index (κ2) is 8.84. The van der Waals surface area contributed by atoms with Gasteiger partial charge in [-0.2, -0.15) is 0 Å². The molecule has 2 heterocycles. The van der Waals surface area contributed by atoms with Crippen molar-refractivity contribution in [2.24, 2.45) is 0 Å². The summed E-state index contributed by atoms with van der Waals surface area (Å²) < 4.78 is 17.3. The first kappa shape index (κ1) is 19.7. The normalized spacial score (nSPS) is 12.5. The van der Waals surface area contributed by atoms with Crippen LogP contribution in [0.1, 0.15) is 22.3 Å². The van der Waals surface area contributed by atoms with E-state index in [1.807, 2.05) is 30.5 Å². The molecule has 0 radical (unpaired) electrons. The molecule has 0 fully saturated rings. The molecule has 3 aromatic rings. The van der Waals surface area contributed by atoms with Crippen molar-refractivity contribution in [2.75, 3.05) is 19.1 Å². The first-order valence-electron chi connectivity index (χ1n) is 9.42. The van der Waals surface area contributed by atoms with E-state index in [0.717, 1.165) is 40.4 Å². The molecule has 6 heteroatoms. The van der Waals surface area contributed by atoms with Crippen LogP contribution in [0.5, 0.6) is 11.5 Å². The van der Waals surface area contributed by atoms with E-state index in [9.17, 15) is 0 Å². The van der Waals surface area contributed by atoms with E-state index in [1.165, 1.54) is 16.7 Å². The highest BCUT2D eigenvalue weighted by Gasteiger charge is 2.23. The van der Waals surface area contributed by atoms with E-state index < -0.39 is 0 Å². The van der Waals surface area contributed by atoms with Crippen molar-refractivity contribution in [1.82, 2.24) is 4.98 Å². The van der Waals surface area contributed by atoms with E-state index in [4.69, 9.17) is 19.2 Å². The van der Waals surface area contributed by atoms with Gasteiger partial charge in [0.2, 0.25) is 0 Å². The van der Waals surface area contributed by atoms with E-state index in [-0.39, 0.29) is 0 Å². The average Bonchev–Trinajstić information content (AvgIpc) is 3.26. The van der Waals surface area contributed by atoms with Gasteiger partial charge < -0.3 is 19.1 Å². The van der Waals surface area contributed by atoms with E-state index in [1.54, 1.807) is 14.2 Å². The van der Waals surface area contributed by atoms with Crippen LogP contribution in [-0.4, -0.2) is 19.2 Å². The summed E-state index contributed by atoms with van der Waals surface area (Å²) in [4.78, 5) is 7.05. The van der Waals surface area contributed by atoms with Crippen molar-refractivity contribution in [2.45, 2.75) is 26.3 Å². The molecule has 0 saturated carbocycles. The van der Waals surface area contributed by atoms with Crippen molar-refractivity contribution in [3.63, 3.8) is 0 Å². The molecule has 5 nitrogen and oxygen atoms in total. The lowest BCUT2D eigenvalue weighted by atomic mass is 10.1. The number of pyridine rings is 1. The number of fused-ring (bicyclic) bond motifs is 1. The quantitative estimate of drug-likeness (QED) is 0.496. The fourth-order valence-corrected chi connectivity index (χ4v) is 3.95. The standard InChI is InChI=1S/C23H23BrN2O3/c1-27-18-7-3-16(4-8-18)12-26(13-17-5-9-19(28-2)10-6-17)23-21-15-29-14-20(21)22(24)11-25-23/h3-11H,12-15H2,1-2H3. The lowest BCUT2D eigenvalue weighted by molar-refractivity contribution is 0.134. The third-order valence-corrected chi connectivity index (χ3v) is 5.76. The summed E-state index contributed by atoms with van der Waals surface area (Å²) in [5.41, 5.74) is 4.72. The van der Waals surface area contributed by atoms with Crippen LogP contribution in [0.25, 0.3) is 0 Å². The number of anilines is 1. The summed E-state index contributed by atoms with van der Waals surface area (Å²) in [6, 6.07) is 16.3. The number of hydrogen-bond donors (Lipinski definition) is 0. The summed E-state index contributed by atoms with van der Waals surface area (Å²) >= 11 is 3.61. The van der Waals surface area contributed by atoms with Crippen LogP contribution in [-0.2, 0) is 31.0 Å². The van der Waals surface area contributed by atoms with Gasteiger partial charge in [-0.3, -0.25) is 0 Å². The van der Waals surface area contributed by atoms with Crippen LogP contribution >= 0.6 is 15.9 Å². The Hall–Kier alpha value is -2.57. The summed E-state index contributed by atoms with van der Waals surface area (Å²) in [5, 5.41) is 0. The van der Waals surface area contributed by atoms with Crippen LogP contribution in [0.2, 0.25) is 0 Å². The number of rotatable bonds is 7. The lowest BCUT2D eigenvalue weighted by Gasteiger charge is -2.26. The monoisotopic (exact) mass is 454 g/mol. The van der Waals surface area contributed by atoms with Gasteiger partial charge in [-0.25, -0.2) is 4.98 Å². The van der Waals surface area contributed by atoms with Crippen molar-refractivity contribution >= 4 is 21.7 Å². The zero-order chi connectivity index (χ0) is 20.2. The summed E-state index contributed by atoms with van der Waals surface area (Å²) in [6.07, 6.45) is 1.87. The Kier molecular flexibility index (Phi) is 6.02. The van der Waals surface area contributed by atoms with Gasteiger partial charge in [0.25, 0.3) is 0 Å². The molecule has 0 bridgehead atoms. The molecule has 2 aromatic carbocycles. The van der Waals surface area contributed by atoms with Gasteiger partial charge in [0.1, 0.15) is 17.3 Å². The summed E-state index contributed by atoms with van der Waals surface area (Å²) in [7, 11) is 3.36. The lowest BCUT2D eigenvalue weighted by Crippen LogP contribution is -2.24. The van der Waals surface area contributed by atoms with Crippen LogP contribution < -0.4 is 14.4 Å². The number of benzene rings is 2. The van der Waals surface area contributed by atoms with Crippen molar-refractivity contribution < 1.29 is 14.2 Å². The second-order valence-electron chi connectivity index (χ2n) is 6.93. The molecule has 0 unspecified atom stereocenters. The van der Waals surface area contributed by atoms with Crippen molar-refractivity contribution in [1.29, 1.82) is 0 Å². The first-order chi connectivity index (χ1) is 14.2. The van der Waals surface area contributed by atoms with Crippen molar-refractivity contribution in [3.8, 4) is 11.5 Å². The highest BCUT2D eigenvalue weighted by atomic mass is 79.9. The maximum Gasteiger partial charge on any atom is 0.135 e. The molecule has 0 aliphatic carbocycles. The number of nitrogens with zero attached hydrogens (tertiary/aromatic N) is 2. The largest absolute Gasteiger partial charge is 0.497 e. The number of halogens is 1. The molecule has 0 saturated heterocycles. The van der Waals surface area contributed by atoms with Crippen LogP contribution in [0, 0.1) is 0 Å². The molecule has 150 valence electrons. The molecule has 0 N–H and O–H groups in total. The first-order valence-corrected chi connectivity index (χ1v) is 10.2. The van der Waals surface area contributed by atoms with Gasteiger partial charge in [0.15, 0.2) is 0 Å². The zero-order valence-corrected chi connectivity index (χ0v) is 18.1. The van der Waals surface area contributed by atoms with Crippen LogP contribution in [0.3, 0.4) is 0 Å². The maximum absolute atomic E-state index is 5.72. The minimum absolute atomic E-state index is 0.582. The Labute approximate surface area is 179 Å². The van der Waals surface area contributed by atoms with E-state index in [2.05, 4.69) is 45.1 Å². The van der Waals surface area contributed by atoms with Gasteiger partial charge in [-0.15, -0.1) is 0 Å². The molecule has 0 atom stereocenters. The zero-order valence-electron chi connectivity index (χ0n) is 16.5. The van der Waals surface area contributed by atoms with Crippen LogP contribution in [0.4, 0.5) is 5.82 Å². The Balaban J connectivity index is 1.67. The number of aromatic nitrogens is 1. The van der Waals surface area contributed by atoms with Gasteiger partial charge in [0.05, 0.1) is 27.4 Å². The molecular formula is C23H23BrN2O3. The molecular weight excluding hydrogens is 432 g/mol. The fraction of sp³-hybridized carbons (Fsp3) is 0.261. The minimum Gasteiger partial charge on any atom is -0.497 e. The number of hydrogen-bond acceptors (Lipinski definition) is 5. The number of ether oxygens (including phenoxy) is 3. The van der Waals surface area contributed by atoms with Gasteiger partial charge >= 0.3 is 0 Å². The Morgan fingerprint density at radius 3 is 1.90 bits per heavy atom. The Bertz CT molecular complexity index is 925. The SMILES string of the molecule is COc1ccc(CN(Cc2ccc(OC)cc2)c2ncc(Br)c3c2COC3)cc1. The summed E-state index contributed by atoms with van der Waals surface area (Å²) in [6.45, 7) is 2.66. The molecule has 0 amide bonds. The minimum atomic E-state index is 0.582. The van der Waals surface area contributed by atoms with E-state index in [0.29, 0.717) is 13.2 Å². The molecule has 1 aromatic heterocycles. The van der Waals surface area contributed by atoms with Gasteiger partial charge in [0, 0.05) is 34.9 Å². The van der Waals surface area contributed by atoms with Crippen molar-refractivity contribution in [3.05, 3.63) is 81.5 Å². The third kappa shape index (κ3) is 4.38. The predicted octanol–water partition coefficient (Wildman–Crippen LogP) is 5.10. The smallest absolute Gasteiger partial charge is 0.135 e. The molecule has 0 spiro atoms. The highest BCUT2D eigenvalue weighted by Crippen LogP contribution is 2.34. The Morgan fingerprint density at radius 1 is 0.862 bits per heavy atom. The fourth-order valence-electron chi connectivity index (χ4n) is 3.50. The third-order valence-electron chi connectivity index (χ3n) is 5.08. The number of methoxy groups -OCH3 is 2. The van der Waals surface area contributed by atoms with Gasteiger partial charge in [-0.1, -0.05) is 24.3 Å². The average molecular weight is 455 g/mol. The molecule has 1 aliphatic heterocycles. The molecule has 1 aliphatic rings. The topological polar surface area (TPSA) is 43.8 Å². The van der Waals surface area contributed by atoms with E-state index >= 15 is 0 Å². The second-order valence-corrected chi connectivity index (χ2v) is 7.79. The maximum atomic E-state index is 5.72. The highest BCUT2D eigenvalue weighted by molar-refractivity contribution is 9.10. The molecule has 29 heavy (non-hydrogen) atoms. The Morgan fingerprint density at radius 2 is 1.38 bits per heavy atom. The van der Waals surface area contributed by atoms with Gasteiger partial charge in [-0.05, 0) is 51.3 Å². The summed E-state index contributed by atoms with van der Waals surface area (Å²) in [5.74, 6) is 2.67.